The lowest BCUT2D eigenvalue weighted by Crippen LogP contribution is -2.39. The standard InChI is InChI=1S/C14H18N2O4/c17-8-13(10-4-2-1-3-5-10)16-12-7-15(14(18)19)6-11(12)9-20-16/h1-5,11-13,17H,6-9H2,(H,18,19)/t11-,12-,13-/m0/s1. The Kier molecular flexibility index (Phi) is 3.60. The third-order valence-electron chi connectivity index (χ3n) is 4.11. The first-order valence-corrected chi connectivity index (χ1v) is 6.75. The summed E-state index contributed by atoms with van der Waals surface area (Å²) in [4.78, 5) is 18.2. The highest BCUT2D eigenvalue weighted by atomic mass is 16.7. The molecule has 20 heavy (non-hydrogen) atoms. The third kappa shape index (κ3) is 2.26. The Morgan fingerprint density at radius 1 is 1.35 bits per heavy atom. The van der Waals surface area contributed by atoms with Gasteiger partial charge in [-0.1, -0.05) is 30.3 Å². The number of amides is 1. The summed E-state index contributed by atoms with van der Waals surface area (Å²) in [5, 5.41) is 20.5. The monoisotopic (exact) mass is 278 g/mol. The van der Waals surface area contributed by atoms with Crippen LogP contribution in [-0.2, 0) is 4.84 Å². The smallest absolute Gasteiger partial charge is 0.407 e. The summed E-state index contributed by atoms with van der Waals surface area (Å²) in [5.41, 5.74) is 0.976. The van der Waals surface area contributed by atoms with Gasteiger partial charge in [-0.2, -0.15) is 5.06 Å². The molecular weight excluding hydrogens is 260 g/mol. The molecule has 0 radical (unpaired) electrons. The first-order chi connectivity index (χ1) is 9.70. The molecule has 2 fully saturated rings. The highest BCUT2D eigenvalue weighted by molar-refractivity contribution is 5.65. The van der Waals surface area contributed by atoms with Crippen molar-refractivity contribution >= 4 is 6.09 Å². The first kappa shape index (κ1) is 13.4. The van der Waals surface area contributed by atoms with Crippen LogP contribution in [0.15, 0.2) is 30.3 Å². The summed E-state index contributed by atoms with van der Waals surface area (Å²) in [6.45, 7) is 1.39. The van der Waals surface area contributed by atoms with Gasteiger partial charge in [0.05, 0.1) is 25.3 Å². The molecule has 2 saturated heterocycles. The van der Waals surface area contributed by atoms with Crippen molar-refractivity contribution in [2.24, 2.45) is 5.92 Å². The Labute approximate surface area is 117 Å². The summed E-state index contributed by atoms with van der Waals surface area (Å²) in [5.74, 6) is 0.184. The van der Waals surface area contributed by atoms with E-state index in [2.05, 4.69) is 0 Å². The van der Waals surface area contributed by atoms with Gasteiger partial charge in [0, 0.05) is 19.0 Å². The lowest BCUT2D eigenvalue weighted by Gasteiger charge is -2.30. The van der Waals surface area contributed by atoms with Crippen LogP contribution in [-0.4, -0.2) is 58.6 Å². The van der Waals surface area contributed by atoms with Crippen molar-refractivity contribution in [1.29, 1.82) is 0 Å². The molecular formula is C14H18N2O4. The van der Waals surface area contributed by atoms with Gasteiger partial charge in [0.2, 0.25) is 0 Å². The Bertz CT molecular complexity index is 481. The molecule has 1 aromatic carbocycles. The second-order valence-corrected chi connectivity index (χ2v) is 5.28. The molecule has 2 aliphatic rings. The zero-order valence-electron chi connectivity index (χ0n) is 11.1. The summed E-state index contributed by atoms with van der Waals surface area (Å²) in [6.07, 6.45) is -0.889. The molecule has 0 aliphatic carbocycles. The molecule has 2 heterocycles. The van der Waals surface area contributed by atoms with Crippen LogP contribution in [0, 0.1) is 5.92 Å². The largest absolute Gasteiger partial charge is 0.465 e. The molecule has 0 bridgehead atoms. The molecule has 0 saturated carbocycles. The molecule has 2 aliphatic heterocycles. The minimum atomic E-state index is -0.889. The van der Waals surface area contributed by atoms with Gasteiger partial charge in [-0.15, -0.1) is 0 Å². The van der Waals surface area contributed by atoms with Gasteiger partial charge in [-0.05, 0) is 5.56 Å². The number of aliphatic hydroxyl groups excluding tert-OH is 1. The van der Waals surface area contributed by atoms with Gasteiger partial charge in [0.15, 0.2) is 0 Å². The van der Waals surface area contributed by atoms with E-state index < -0.39 is 6.09 Å². The molecule has 1 aromatic rings. The van der Waals surface area contributed by atoms with Crippen molar-refractivity contribution in [3.8, 4) is 0 Å². The molecule has 6 nitrogen and oxygen atoms in total. The predicted molar refractivity (Wildman–Crippen MR) is 70.9 cm³/mol. The van der Waals surface area contributed by atoms with Gasteiger partial charge in [-0.3, -0.25) is 4.84 Å². The summed E-state index contributed by atoms with van der Waals surface area (Å²) < 4.78 is 0. The van der Waals surface area contributed by atoms with Crippen molar-refractivity contribution in [2.45, 2.75) is 12.1 Å². The highest BCUT2D eigenvalue weighted by Gasteiger charge is 2.46. The number of hydrogen-bond acceptors (Lipinski definition) is 4. The Morgan fingerprint density at radius 2 is 2.10 bits per heavy atom. The van der Waals surface area contributed by atoms with Crippen LogP contribution in [0.5, 0.6) is 0 Å². The number of fused-ring (bicyclic) bond motifs is 1. The first-order valence-electron chi connectivity index (χ1n) is 6.75. The van der Waals surface area contributed by atoms with E-state index in [9.17, 15) is 9.90 Å². The second kappa shape index (κ2) is 5.40. The number of carbonyl (C=O) groups is 1. The average molecular weight is 278 g/mol. The number of nitrogens with zero attached hydrogens (tertiary/aromatic N) is 2. The fourth-order valence-electron chi connectivity index (χ4n) is 3.07. The van der Waals surface area contributed by atoms with E-state index in [1.165, 1.54) is 4.90 Å². The number of likely N-dealkylation sites (tertiary alicyclic amines) is 1. The molecule has 3 rings (SSSR count). The fourth-order valence-corrected chi connectivity index (χ4v) is 3.07. The normalized spacial score (nSPS) is 27.6. The van der Waals surface area contributed by atoms with E-state index in [1.807, 2.05) is 30.3 Å². The van der Waals surface area contributed by atoms with Crippen LogP contribution < -0.4 is 0 Å². The number of rotatable bonds is 3. The zero-order valence-corrected chi connectivity index (χ0v) is 11.1. The quantitative estimate of drug-likeness (QED) is 0.861. The van der Waals surface area contributed by atoms with Gasteiger partial charge < -0.3 is 15.1 Å². The highest BCUT2D eigenvalue weighted by Crippen LogP contribution is 2.35. The molecule has 6 heteroatoms. The third-order valence-corrected chi connectivity index (χ3v) is 4.11. The Morgan fingerprint density at radius 3 is 2.75 bits per heavy atom. The van der Waals surface area contributed by atoms with Gasteiger partial charge in [0.1, 0.15) is 0 Å². The summed E-state index contributed by atoms with van der Waals surface area (Å²) in [6, 6.07) is 9.42. The van der Waals surface area contributed by atoms with Crippen LogP contribution in [0.4, 0.5) is 4.79 Å². The minimum Gasteiger partial charge on any atom is -0.465 e. The minimum absolute atomic E-state index is 0.0171. The Hall–Kier alpha value is -1.63. The molecule has 0 unspecified atom stereocenters. The maximum atomic E-state index is 11.1. The fraction of sp³-hybridized carbons (Fsp3) is 0.500. The number of hydroxylamine groups is 2. The molecule has 2 N–H and O–H groups in total. The molecule has 0 spiro atoms. The van der Waals surface area contributed by atoms with E-state index in [-0.39, 0.29) is 24.6 Å². The molecule has 1 amide bonds. The summed E-state index contributed by atoms with van der Waals surface area (Å²) in [7, 11) is 0. The lowest BCUT2D eigenvalue weighted by molar-refractivity contribution is -0.174. The number of aliphatic hydroxyl groups is 1. The van der Waals surface area contributed by atoms with Crippen molar-refractivity contribution in [2.75, 3.05) is 26.3 Å². The SMILES string of the molecule is O=C(O)N1C[C@H]2CON([C@@H](CO)c3ccccc3)[C@H]2C1. The van der Waals surface area contributed by atoms with Crippen LogP contribution >= 0.6 is 0 Å². The molecule has 3 atom stereocenters. The maximum Gasteiger partial charge on any atom is 0.407 e. The number of hydrogen-bond donors (Lipinski definition) is 2. The predicted octanol–water partition coefficient (Wildman–Crippen LogP) is 0.946. The van der Waals surface area contributed by atoms with Gasteiger partial charge in [0.25, 0.3) is 0 Å². The number of carboxylic acid groups (broad SMARTS) is 1. The van der Waals surface area contributed by atoms with E-state index in [4.69, 9.17) is 9.94 Å². The lowest BCUT2D eigenvalue weighted by atomic mass is 10.0. The van der Waals surface area contributed by atoms with Crippen molar-refractivity contribution in [3.63, 3.8) is 0 Å². The van der Waals surface area contributed by atoms with E-state index in [0.29, 0.717) is 19.7 Å². The topological polar surface area (TPSA) is 73.2 Å². The van der Waals surface area contributed by atoms with Gasteiger partial charge in [-0.25, -0.2) is 4.79 Å². The van der Waals surface area contributed by atoms with E-state index in [1.54, 1.807) is 5.06 Å². The molecule has 108 valence electrons. The molecule has 0 aromatic heterocycles. The van der Waals surface area contributed by atoms with Crippen LogP contribution in [0.1, 0.15) is 11.6 Å². The zero-order chi connectivity index (χ0) is 14.1. The van der Waals surface area contributed by atoms with Crippen molar-refractivity contribution < 1.29 is 19.8 Å². The van der Waals surface area contributed by atoms with Crippen LogP contribution in [0.2, 0.25) is 0 Å². The average Bonchev–Trinajstić information content (AvgIpc) is 3.02. The van der Waals surface area contributed by atoms with Gasteiger partial charge >= 0.3 is 6.09 Å². The summed E-state index contributed by atoms with van der Waals surface area (Å²) >= 11 is 0. The van der Waals surface area contributed by atoms with Crippen molar-refractivity contribution in [3.05, 3.63) is 35.9 Å². The van der Waals surface area contributed by atoms with Crippen LogP contribution in [0.3, 0.4) is 0 Å². The number of benzene rings is 1. The van der Waals surface area contributed by atoms with E-state index >= 15 is 0 Å². The van der Waals surface area contributed by atoms with Crippen molar-refractivity contribution in [1.82, 2.24) is 9.96 Å². The second-order valence-electron chi connectivity index (χ2n) is 5.28. The van der Waals surface area contributed by atoms with Crippen LogP contribution in [0.25, 0.3) is 0 Å². The van der Waals surface area contributed by atoms with E-state index in [0.717, 1.165) is 5.56 Å². The maximum absolute atomic E-state index is 11.1. The Balaban J connectivity index is 1.78.